The SMILES string of the molecule is Cc1cccc(C(C)C)c1NC(=O)c1cccnc1F. The molecule has 4 heteroatoms. The number of nitrogens with zero attached hydrogens (tertiary/aromatic N) is 1. The number of nitrogens with one attached hydrogen (secondary N) is 1. The van der Waals surface area contributed by atoms with Crippen LogP contribution in [0.25, 0.3) is 0 Å². The maximum atomic E-state index is 13.5. The van der Waals surface area contributed by atoms with E-state index in [-0.39, 0.29) is 11.5 Å². The minimum Gasteiger partial charge on any atom is -0.321 e. The summed E-state index contributed by atoms with van der Waals surface area (Å²) in [6.07, 6.45) is 1.32. The first-order chi connectivity index (χ1) is 9.50. The Morgan fingerprint density at radius 2 is 2.00 bits per heavy atom. The number of hydrogen-bond acceptors (Lipinski definition) is 2. The lowest BCUT2D eigenvalue weighted by atomic mass is 9.98. The maximum absolute atomic E-state index is 13.5. The molecule has 0 fully saturated rings. The average Bonchev–Trinajstić information content (AvgIpc) is 2.41. The highest BCUT2D eigenvalue weighted by atomic mass is 19.1. The number of carbonyl (C=O) groups is 1. The number of anilines is 1. The van der Waals surface area contributed by atoms with Gasteiger partial charge in [0, 0.05) is 11.9 Å². The monoisotopic (exact) mass is 272 g/mol. The minimum atomic E-state index is -0.760. The zero-order valence-electron chi connectivity index (χ0n) is 11.8. The van der Waals surface area contributed by atoms with E-state index in [1.165, 1.54) is 12.3 Å². The molecule has 0 saturated heterocycles. The Bertz CT molecular complexity index is 638. The fourth-order valence-corrected chi connectivity index (χ4v) is 2.08. The van der Waals surface area contributed by atoms with Crippen LogP contribution in [-0.4, -0.2) is 10.9 Å². The van der Waals surface area contributed by atoms with E-state index in [0.717, 1.165) is 16.8 Å². The Kier molecular flexibility index (Phi) is 4.13. The summed E-state index contributed by atoms with van der Waals surface area (Å²) in [7, 11) is 0. The van der Waals surface area contributed by atoms with Crippen LogP contribution in [0, 0.1) is 12.9 Å². The Hall–Kier alpha value is -2.23. The summed E-state index contributed by atoms with van der Waals surface area (Å²) in [6.45, 7) is 6.02. The number of halogens is 1. The smallest absolute Gasteiger partial charge is 0.260 e. The van der Waals surface area contributed by atoms with Crippen molar-refractivity contribution in [2.45, 2.75) is 26.7 Å². The molecule has 0 spiro atoms. The number of para-hydroxylation sites is 1. The number of pyridine rings is 1. The molecule has 20 heavy (non-hydrogen) atoms. The van der Waals surface area contributed by atoms with E-state index in [4.69, 9.17) is 0 Å². The highest BCUT2D eigenvalue weighted by Crippen LogP contribution is 2.27. The van der Waals surface area contributed by atoms with Crippen LogP contribution in [0.3, 0.4) is 0 Å². The first kappa shape index (κ1) is 14.2. The molecular formula is C16H17FN2O. The molecule has 1 heterocycles. The van der Waals surface area contributed by atoms with E-state index in [1.54, 1.807) is 6.07 Å². The third-order valence-corrected chi connectivity index (χ3v) is 3.17. The number of aryl methyl sites for hydroxylation is 1. The Balaban J connectivity index is 2.36. The Labute approximate surface area is 117 Å². The molecule has 1 amide bonds. The van der Waals surface area contributed by atoms with Crippen LogP contribution < -0.4 is 5.32 Å². The molecule has 2 rings (SSSR count). The summed E-state index contributed by atoms with van der Waals surface area (Å²) in [6, 6.07) is 8.79. The van der Waals surface area contributed by atoms with E-state index in [1.807, 2.05) is 25.1 Å². The normalized spacial score (nSPS) is 10.7. The summed E-state index contributed by atoms with van der Waals surface area (Å²) in [5, 5.41) is 2.80. The lowest BCUT2D eigenvalue weighted by molar-refractivity contribution is 0.102. The molecule has 0 saturated carbocycles. The van der Waals surface area contributed by atoms with E-state index in [2.05, 4.69) is 24.1 Å². The van der Waals surface area contributed by atoms with Crippen molar-refractivity contribution in [3.63, 3.8) is 0 Å². The van der Waals surface area contributed by atoms with Crippen LogP contribution in [0.1, 0.15) is 41.3 Å². The van der Waals surface area contributed by atoms with Crippen molar-refractivity contribution in [1.29, 1.82) is 0 Å². The number of rotatable bonds is 3. The number of amides is 1. The van der Waals surface area contributed by atoms with Gasteiger partial charge in [-0.15, -0.1) is 0 Å². The van der Waals surface area contributed by atoms with Crippen molar-refractivity contribution in [2.24, 2.45) is 0 Å². The van der Waals surface area contributed by atoms with Gasteiger partial charge in [0.1, 0.15) is 0 Å². The quantitative estimate of drug-likeness (QED) is 0.861. The van der Waals surface area contributed by atoms with Gasteiger partial charge in [0.2, 0.25) is 5.95 Å². The van der Waals surface area contributed by atoms with Gasteiger partial charge in [-0.25, -0.2) is 4.98 Å². The second kappa shape index (κ2) is 5.82. The molecule has 0 aliphatic heterocycles. The molecule has 0 aliphatic rings. The molecule has 3 nitrogen and oxygen atoms in total. The van der Waals surface area contributed by atoms with Gasteiger partial charge >= 0.3 is 0 Å². The Morgan fingerprint density at radius 3 is 2.65 bits per heavy atom. The van der Waals surface area contributed by atoms with Crippen LogP contribution in [0.15, 0.2) is 36.5 Å². The van der Waals surface area contributed by atoms with E-state index in [0.29, 0.717) is 0 Å². The number of benzene rings is 1. The average molecular weight is 272 g/mol. The predicted octanol–water partition coefficient (Wildman–Crippen LogP) is 3.90. The fraction of sp³-hybridized carbons (Fsp3) is 0.250. The molecule has 0 aliphatic carbocycles. The van der Waals surface area contributed by atoms with Gasteiger partial charge in [-0.1, -0.05) is 32.0 Å². The molecule has 0 atom stereocenters. The molecule has 1 N–H and O–H groups in total. The van der Waals surface area contributed by atoms with Crippen molar-refractivity contribution < 1.29 is 9.18 Å². The van der Waals surface area contributed by atoms with E-state index >= 15 is 0 Å². The van der Waals surface area contributed by atoms with Gasteiger partial charge < -0.3 is 5.32 Å². The summed E-state index contributed by atoms with van der Waals surface area (Å²) < 4.78 is 13.5. The van der Waals surface area contributed by atoms with E-state index in [9.17, 15) is 9.18 Å². The van der Waals surface area contributed by atoms with Gasteiger partial charge in [-0.2, -0.15) is 4.39 Å². The maximum Gasteiger partial charge on any atom is 0.260 e. The first-order valence-corrected chi connectivity index (χ1v) is 6.52. The standard InChI is InChI=1S/C16H17FN2O/c1-10(2)12-7-4-6-11(3)14(12)19-16(20)13-8-5-9-18-15(13)17/h4-10H,1-3H3,(H,19,20). The molecule has 1 aromatic heterocycles. The highest BCUT2D eigenvalue weighted by Gasteiger charge is 2.16. The second-order valence-electron chi connectivity index (χ2n) is 4.99. The van der Waals surface area contributed by atoms with Crippen LogP contribution >= 0.6 is 0 Å². The number of hydrogen-bond donors (Lipinski definition) is 1. The van der Waals surface area contributed by atoms with Crippen LogP contribution in [0.4, 0.5) is 10.1 Å². The first-order valence-electron chi connectivity index (χ1n) is 6.52. The third-order valence-electron chi connectivity index (χ3n) is 3.17. The lowest BCUT2D eigenvalue weighted by Gasteiger charge is -2.16. The van der Waals surface area contributed by atoms with Crippen LogP contribution in [-0.2, 0) is 0 Å². The zero-order chi connectivity index (χ0) is 14.7. The van der Waals surface area contributed by atoms with Gasteiger partial charge in [-0.3, -0.25) is 4.79 Å². The van der Waals surface area contributed by atoms with Crippen LogP contribution in [0.5, 0.6) is 0 Å². The summed E-state index contributed by atoms with van der Waals surface area (Å²) in [4.78, 5) is 15.7. The summed E-state index contributed by atoms with van der Waals surface area (Å²) in [5.74, 6) is -0.972. The molecule has 0 radical (unpaired) electrons. The van der Waals surface area contributed by atoms with Gasteiger partial charge in [0.05, 0.1) is 5.56 Å². The lowest BCUT2D eigenvalue weighted by Crippen LogP contribution is -2.16. The zero-order valence-corrected chi connectivity index (χ0v) is 11.8. The summed E-state index contributed by atoms with van der Waals surface area (Å²) >= 11 is 0. The summed E-state index contributed by atoms with van der Waals surface area (Å²) in [5.41, 5.74) is 2.68. The molecule has 104 valence electrons. The molecule has 1 aromatic carbocycles. The van der Waals surface area contributed by atoms with Gasteiger partial charge in [0.15, 0.2) is 0 Å². The van der Waals surface area contributed by atoms with Crippen molar-refractivity contribution in [3.05, 3.63) is 59.2 Å². The van der Waals surface area contributed by atoms with Crippen molar-refractivity contribution >= 4 is 11.6 Å². The van der Waals surface area contributed by atoms with Crippen molar-refractivity contribution in [2.75, 3.05) is 5.32 Å². The van der Waals surface area contributed by atoms with E-state index < -0.39 is 11.9 Å². The largest absolute Gasteiger partial charge is 0.321 e. The molecular weight excluding hydrogens is 255 g/mol. The van der Waals surface area contributed by atoms with Gasteiger partial charge in [-0.05, 0) is 36.1 Å². The molecule has 0 bridgehead atoms. The number of carbonyl (C=O) groups excluding carboxylic acids is 1. The highest BCUT2D eigenvalue weighted by molar-refractivity contribution is 6.05. The van der Waals surface area contributed by atoms with Gasteiger partial charge in [0.25, 0.3) is 5.91 Å². The third kappa shape index (κ3) is 2.85. The van der Waals surface area contributed by atoms with Crippen molar-refractivity contribution in [1.82, 2.24) is 4.98 Å². The van der Waals surface area contributed by atoms with Crippen molar-refractivity contribution in [3.8, 4) is 0 Å². The Morgan fingerprint density at radius 1 is 1.25 bits per heavy atom. The second-order valence-corrected chi connectivity index (χ2v) is 4.99. The van der Waals surface area contributed by atoms with Crippen LogP contribution in [0.2, 0.25) is 0 Å². The molecule has 0 unspecified atom stereocenters. The topological polar surface area (TPSA) is 42.0 Å². The fourth-order valence-electron chi connectivity index (χ4n) is 2.08. The minimum absolute atomic E-state index is 0.0505. The number of aromatic nitrogens is 1. The molecule has 2 aromatic rings. The predicted molar refractivity (Wildman–Crippen MR) is 77.4 cm³/mol.